The summed E-state index contributed by atoms with van der Waals surface area (Å²) in [7, 11) is 0. The minimum Gasteiger partial charge on any atom is -0.489 e. The number of aryl methyl sites for hydroxylation is 1. The number of benzene rings is 2. The predicted octanol–water partition coefficient (Wildman–Crippen LogP) is 5.22. The molecule has 1 atom stereocenters. The summed E-state index contributed by atoms with van der Waals surface area (Å²) in [6, 6.07) is 17.5. The molecule has 2 aromatic carbocycles. The molecule has 1 saturated heterocycles. The van der Waals surface area contributed by atoms with Crippen LogP contribution in [0.5, 0.6) is 23.3 Å². The summed E-state index contributed by atoms with van der Waals surface area (Å²) in [5.74, 6) is 1.67. The van der Waals surface area contributed by atoms with Gasteiger partial charge in [0.1, 0.15) is 48.6 Å². The fourth-order valence-electron chi connectivity index (χ4n) is 5.21. The van der Waals surface area contributed by atoms with Gasteiger partial charge in [-0.3, -0.25) is 9.47 Å². The lowest BCUT2D eigenvalue weighted by molar-refractivity contribution is -0.389. The Labute approximate surface area is 262 Å². The van der Waals surface area contributed by atoms with Crippen LogP contribution in [0.3, 0.4) is 0 Å². The first kappa shape index (κ1) is 31.0. The van der Waals surface area contributed by atoms with Crippen LogP contribution in [0.4, 0.5) is 24.8 Å². The van der Waals surface area contributed by atoms with Crippen molar-refractivity contribution in [1.29, 1.82) is 0 Å². The highest BCUT2D eigenvalue weighted by molar-refractivity contribution is 5.41. The standard InChI is InChI=1S/C31H31F3N6O6/c32-31(33,34)46-25-7-3-23(4-8-25)20-43-24-5-1-22(2-6-24)18-37-13-15-38(16-14-37)28-10-9-26(17-35-28)44-21-27-11-12-39-19-29(40(41)42)36-30(39)45-27/h1-10,17,19,27H,11-16,18,20-21H2/t27-/m1/s1. The van der Waals surface area contributed by atoms with Crippen LogP contribution in [-0.2, 0) is 19.7 Å². The van der Waals surface area contributed by atoms with Crippen LogP contribution in [-0.4, -0.2) is 69.6 Å². The summed E-state index contributed by atoms with van der Waals surface area (Å²) in [5.41, 5.74) is 1.88. The third kappa shape index (κ3) is 8.15. The first-order valence-electron chi connectivity index (χ1n) is 14.7. The van der Waals surface area contributed by atoms with E-state index in [1.807, 2.05) is 36.4 Å². The van der Waals surface area contributed by atoms with Crippen LogP contribution in [0.2, 0.25) is 0 Å². The van der Waals surface area contributed by atoms with Gasteiger partial charge in [0, 0.05) is 50.7 Å². The normalized spacial score (nSPS) is 16.8. The lowest BCUT2D eigenvalue weighted by Crippen LogP contribution is -2.46. The number of rotatable bonds is 11. The molecule has 15 heteroatoms. The summed E-state index contributed by atoms with van der Waals surface area (Å²) in [4.78, 5) is 23.5. The monoisotopic (exact) mass is 640 g/mol. The summed E-state index contributed by atoms with van der Waals surface area (Å²) in [5, 5.41) is 10.9. The van der Waals surface area contributed by atoms with Gasteiger partial charge in [-0.1, -0.05) is 24.3 Å². The Morgan fingerprint density at radius 2 is 1.59 bits per heavy atom. The first-order chi connectivity index (χ1) is 22.2. The van der Waals surface area contributed by atoms with E-state index in [0.29, 0.717) is 24.5 Å². The second kappa shape index (κ2) is 13.5. The van der Waals surface area contributed by atoms with Crippen LogP contribution in [0.1, 0.15) is 17.5 Å². The Kier molecular flexibility index (Phi) is 9.10. The fraction of sp³-hybridized carbons (Fsp3) is 0.355. The molecule has 2 aliphatic rings. The highest BCUT2D eigenvalue weighted by atomic mass is 19.4. The van der Waals surface area contributed by atoms with Crippen molar-refractivity contribution < 1.29 is 37.0 Å². The number of nitro groups is 1. The van der Waals surface area contributed by atoms with Gasteiger partial charge < -0.3 is 34.0 Å². The van der Waals surface area contributed by atoms with Crippen molar-refractivity contribution in [3.8, 4) is 23.3 Å². The molecule has 12 nitrogen and oxygen atoms in total. The van der Waals surface area contributed by atoms with Gasteiger partial charge in [-0.25, -0.2) is 4.98 Å². The molecule has 0 spiro atoms. The average molecular weight is 641 g/mol. The largest absolute Gasteiger partial charge is 0.573 e. The van der Waals surface area contributed by atoms with E-state index in [1.165, 1.54) is 30.5 Å². The van der Waals surface area contributed by atoms with E-state index in [-0.39, 0.29) is 36.9 Å². The van der Waals surface area contributed by atoms with Crippen LogP contribution in [0.15, 0.2) is 73.1 Å². The van der Waals surface area contributed by atoms with Crippen LogP contribution in [0.25, 0.3) is 0 Å². The Morgan fingerprint density at radius 1 is 0.891 bits per heavy atom. The van der Waals surface area contributed by atoms with Gasteiger partial charge in [0.25, 0.3) is 0 Å². The molecule has 2 aliphatic heterocycles. The molecule has 0 unspecified atom stereocenters. The van der Waals surface area contributed by atoms with E-state index in [2.05, 4.69) is 24.5 Å². The van der Waals surface area contributed by atoms with Gasteiger partial charge in [-0.15, -0.1) is 13.2 Å². The maximum Gasteiger partial charge on any atom is 0.573 e. The number of fused-ring (bicyclic) bond motifs is 1. The Hall–Kier alpha value is -5.05. The van der Waals surface area contributed by atoms with Crippen molar-refractivity contribution in [2.45, 2.75) is 38.6 Å². The van der Waals surface area contributed by atoms with Crippen molar-refractivity contribution in [1.82, 2.24) is 19.4 Å². The van der Waals surface area contributed by atoms with Crippen molar-refractivity contribution in [3.05, 3.63) is 94.3 Å². The van der Waals surface area contributed by atoms with E-state index in [1.54, 1.807) is 10.8 Å². The number of alkyl halides is 3. The zero-order valence-electron chi connectivity index (χ0n) is 24.6. The molecular weight excluding hydrogens is 609 g/mol. The van der Waals surface area contributed by atoms with E-state index >= 15 is 0 Å². The molecule has 242 valence electrons. The minimum atomic E-state index is -4.72. The lowest BCUT2D eigenvalue weighted by Gasteiger charge is -2.35. The minimum absolute atomic E-state index is 0.227. The summed E-state index contributed by atoms with van der Waals surface area (Å²) in [6.07, 6.45) is -1.26. The molecule has 6 rings (SSSR count). The molecule has 4 aromatic rings. The van der Waals surface area contributed by atoms with Gasteiger partial charge in [-0.2, -0.15) is 0 Å². The number of hydrogen-bond acceptors (Lipinski definition) is 10. The molecule has 0 saturated carbocycles. The Balaban J connectivity index is 0.906. The van der Waals surface area contributed by atoms with Gasteiger partial charge in [0.05, 0.1) is 6.20 Å². The molecule has 0 N–H and O–H groups in total. The topological polar surface area (TPSA) is 117 Å². The number of nitrogens with zero attached hydrogens (tertiary/aromatic N) is 6. The van der Waals surface area contributed by atoms with Gasteiger partial charge in [-0.05, 0) is 52.4 Å². The van der Waals surface area contributed by atoms with E-state index in [4.69, 9.17) is 14.2 Å². The molecule has 0 bridgehead atoms. The molecule has 46 heavy (non-hydrogen) atoms. The quantitative estimate of drug-likeness (QED) is 0.160. The zero-order chi connectivity index (χ0) is 32.1. The number of imidazole rings is 1. The molecule has 0 amide bonds. The maximum absolute atomic E-state index is 12.3. The molecular formula is C31H31F3N6O6. The number of aromatic nitrogens is 3. The van der Waals surface area contributed by atoms with Crippen molar-refractivity contribution in [2.24, 2.45) is 0 Å². The van der Waals surface area contributed by atoms with Crippen LogP contribution < -0.4 is 23.8 Å². The number of ether oxygens (including phenoxy) is 4. The van der Waals surface area contributed by atoms with Crippen LogP contribution in [0, 0.1) is 10.1 Å². The molecule has 0 radical (unpaired) electrons. The van der Waals surface area contributed by atoms with Gasteiger partial charge >= 0.3 is 18.2 Å². The van der Waals surface area contributed by atoms with Crippen molar-refractivity contribution >= 4 is 11.6 Å². The lowest BCUT2D eigenvalue weighted by atomic mass is 10.2. The number of anilines is 1. The second-order valence-electron chi connectivity index (χ2n) is 10.9. The van der Waals surface area contributed by atoms with E-state index in [0.717, 1.165) is 49.7 Å². The van der Waals surface area contributed by atoms with Crippen molar-refractivity contribution in [3.63, 3.8) is 0 Å². The summed E-state index contributed by atoms with van der Waals surface area (Å²) in [6.45, 7) is 5.28. The predicted molar refractivity (Wildman–Crippen MR) is 159 cm³/mol. The summed E-state index contributed by atoms with van der Waals surface area (Å²) < 4.78 is 59.9. The van der Waals surface area contributed by atoms with Crippen molar-refractivity contribution in [2.75, 3.05) is 37.7 Å². The fourth-order valence-corrected chi connectivity index (χ4v) is 5.21. The average Bonchev–Trinajstić information content (AvgIpc) is 3.48. The third-order valence-corrected chi connectivity index (χ3v) is 7.62. The SMILES string of the molecule is O=[N+]([O-])c1cn2c(n1)O[C@@H](COc1ccc(N3CCN(Cc4ccc(OCc5ccc(OC(F)(F)F)cc5)cc4)CC3)nc1)CC2. The van der Waals surface area contributed by atoms with Crippen LogP contribution >= 0.6 is 0 Å². The molecule has 0 aliphatic carbocycles. The van der Waals surface area contributed by atoms with Gasteiger partial charge in [0.15, 0.2) is 0 Å². The van der Waals surface area contributed by atoms with E-state index < -0.39 is 11.3 Å². The molecule has 1 fully saturated rings. The number of piperazine rings is 1. The summed E-state index contributed by atoms with van der Waals surface area (Å²) >= 11 is 0. The Bertz CT molecular complexity index is 1610. The smallest absolute Gasteiger partial charge is 0.489 e. The first-order valence-corrected chi connectivity index (χ1v) is 14.7. The highest BCUT2D eigenvalue weighted by Crippen LogP contribution is 2.26. The van der Waals surface area contributed by atoms with Gasteiger partial charge in [0.2, 0.25) is 0 Å². The zero-order valence-corrected chi connectivity index (χ0v) is 24.6. The number of pyridine rings is 1. The molecule has 4 heterocycles. The number of halogens is 3. The third-order valence-electron chi connectivity index (χ3n) is 7.62. The Morgan fingerprint density at radius 3 is 2.26 bits per heavy atom. The molecule has 2 aromatic heterocycles. The number of hydrogen-bond donors (Lipinski definition) is 0. The highest BCUT2D eigenvalue weighted by Gasteiger charge is 2.31. The second-order valence-corrected chi connectivity index (χ2v) is 10.9. The maximum atomic E-state index is 12.3. The van der Waals surface area contributed by atoms with E-state index in [9.17, 15) is 23.3 Å².